The quantitative estimate of drug-likeness (QED) is 0.172. The van der Waals surface area contributed by atoms with Crippen molar-refractivity contribution in [2.45, 2.75) is 86.5 Å². The zero-order chi connectivity index (χ0) is 27.4. The van der Waals surface area contributed by atoms with Crippen LogP contribution in [0.25, 0.3) is 5.57 Å². The molecule has 0 bridgehead atoms. The van der Waals surface area contributed by atoms with E-state index in [1.165, 1.54) is 59.3 Å². The van der Waals surface area contributed by atoms with Gasteiger partial charge in [0, 0.05) is 18.8 Å². The van der Waals surface area contributed by atoms with Crippen LogP contribution in [-0.2, 0) is 0 Å². The first-order valence-electron chi connectivity index (χ1n) is 14.4. The van der Waals surface area contributed by atoms with Gasteiger partial charge in [0.25, 0.3) is 0 Å². The van der Waals surface area contributed by atoms with Crippen molar-refractivity contribution in [2.75, 3.05) is 33.2 Å². The molecule has 2 rings (SSSR count). The van der Waals surface area contributed by atoms with E-state index in [9.17, 15) is 0 Å². The van der Waals surface area contributed by atoms with Crippen molar-refractivity contribution in [2.24, 2.45) is 10.9 Å². The number of hydrogen-bond donors (Lipinski definition) is 2. The minimum absolute atomic E-state index is 0.357. The molecule has 1 saturated heterocycles. The molecule has 0 unspecified atom stereocenters. The molecule has 1 heterocycles. The molecule has 0 spiro atoms. The molecule has 1 aromatic carbocycles. The Morgan fingerprint density at radius 3 is 2.43 bits per heavy atom. The molecule has 1 aliphatic rings. The molecule has 37 heavy (non-hydrogen) atoms. The molecular formula is C33H52N4. The summed E-state index contributed by atoms with van der Waals surface area (Å²) < 4.78 is 0. The summed E-state index contributed by atoms with van der Waals surface area (Å²) in [5.41, 5.74) is 9.43. The minimum Gasteiger partial charge on any atom is -0.318 e. The first kappa shape index (κ1) is 30.9. The number of aryl methyl sites for hydroxylation is 1. The Hall–Kier alpha value is -2.30. The van der Waals surface area contributed by atoms with E-state index in [0.717, 1.165) is 38.1 Å². The fourth-order valence-corrected chi connectivity index (χ4v) is 5.46. The Morgan fingerprint density at radius 2 is 1.89 bits per heavy atom. The molecule has 1 aromatic rings. The van der Waals surface area contributed by atoms with E-state index in [1.807, 2.05) is 7.05 Å². The number of piperidine rings is 1. The van der Waals surface area contributed by atoms with E-state index in [1.54, 1.807) is 6.92 Å². The largest absolute Gasteiger partial charge is 0.318 e. The predicted octanol–water partition coefficient (Wildman–Crippen LogP) is 7.95. The van der Waals surface area contributed by atoms with E-state index in [4.69, 9.17) is 5.41 Å². The summed E-state index contributed by atoms with van der Waals surface area (Å²) in [5.74, 6) is 1.42. The summed E-state index contributed by atoms with van der Waals surface area (Å²) in [5, 5.41) is 11.0. The highest BCUT2D eigenvalue weighted by molar-refractivity contribution is 6.02. The Kier molecular flexibility index (Phi) is 13.2. The topological polar surface area (TPSA) is 51.5 Å². The number of allylic oxidation sites excluding steroid dienone is 6. The van der Waals surface area contributed by atoms with Crippen molar-refractivity contribution in [3.05, 3.63) is 64.3 Å². The van der Waals surface area contributed by atoms with E-state index in [2.05, 4.69) is 93.2 Å². The SMILES string of the molecule is C/C=C(\C=C/C(CC)=NC(C)=N)C(/CCC)=C(/c1cc(C2CCN(CCNC)CC2)ccc1C)C(C)C. The summed E-state index contributed by atoms with van der Waals surface area (Å²) in [7, 11) is 2.04. The molecule has 0 saturated carbocycles. The van der Waals surface area contributed by atoms with Crippen LogP contribution in [0.2, 0.25) is 0 Å². The van der Waals surface area contributed by atoms with Crippen LogP contribution < -0.4 is 5.32 Å². The molecule has 4 nitrogen and oxygen atoms in total. The minimum atomic E-state index is 0.357. The first-order chi connectivity index (χ1) is 17.7. The molecule has 0 radical (unpaired) electrons. The third-order valence-corrected chi connectivity index (χ3v) is 7.48. The van der Waals surface area contributed by atoms with Gasteiger partial charge in [0.2, 0.25) is 0 Å². The van der Waals surface area contributed by atoms with Crippen molar-refractivity contribution in [3.8, 4) is 0 Å². The predicted molar refractivity (Wildman–Crippen MR) is 164 cm³/mol. The van der Waals surface area contributed by atoms with Crippen LogP contribution in [0.3, 0.4) is 0 Å². The zero-order valence-electron chi connectivity index (χ0n) is 24.9. The smallest absolute Gasteiger partial charge is 0.117 e. The summed E-state index contributed by atoms with van der Waals surface area (Å²) in [6, 6.07) is 7.25. The molecule has 0 aliphatic carbocycles. The second-order valence-electron chi connectivity index (χ2n) is 10.7. The lowest BCUT2D eigenvalue weighted by molar-refractivity contribution is 0.214. The van der Waals surface area contributed by atoms with Gasteiger partial charge >= 0.3 is 0 Å². The number of hydrogen-bond acceptors (Lipinski definition) is 3. The van der Waals surface area contributed by atoms with Crippen molar-refractivity contribution >= 4 is 17.1 Å². The number of nitrogens with zero attached hydrogens (tertiary/aromatic N) is 2. The Morgan fingerprint density at radius 1 is 1.19 bits per heavy atom. The Labute approximate surface area is 227 Å². The third-order valence-electron chi connectivity index (χ3n) is 7.48. The second-order valence-corrected chi connectivity index (χ2v) is 10.7. The average Bonchev–Trinajstić information content (AvgIpc) is 2.88. The van der Waals surface area contributed by atoms with E-state index >= 15 is 0 Å². The van der Waals surface area contributed by atoms with Crippen LogP contribution in [0.4, 0.5) is 0 Å². The van der Waals surface area contributed by atoms with Crippen molar-refractivity contribution in [3.63, 3.8) is 0 Å². The van der Waals surface area contributed by atoms with Gasteiger partial charge < -0.3 is 10.2 Å². The maximum atomic E-state index is 7.76. The van der Waals surface area contributed by atoms with Crippen molar-refractivity contribution < 1.29 is 0 Å². The normalized spacial score (nSPS) is 17.1. The van der Waals surface area contributed by atoms with Gasteiger partial charge in [0.15, 0.2) is 0 Å². The van der Waals surface area contributed by atoms with Crippen LogP contribution in [0.1, 0.15) is 96.3 Å². The fourth-order valence-electron chi connectivity index (χ4n) is 5.46. The Bertz CT molecular complexity index is 1000. The summed E-state index contributed by atoms with van der Waals surface area (Å²) >= 11 is 0. The van der Waals surface area contributed by atoms with Gasteiger partial charge in [0.1, 0.15) is 5.84 Å². The van der Waals surface area contributed by atoms with Gasteiger partial charge in [-0.25, -0.2) is 4.99 Å². The van der Waals surface area contributed by atoms with Gasteiger partial charge in [-0.15, -0.1) is 0 Å². The van der Waals surface area contributed by atoms with Crippen LogP contribution >= 0.6 is 0 Å². The summed E-state index contributed by atoms with van der Waals surface area (Å²) in [4.78, 5) is 7.00. The van der Waals surface area contributed by atoms with E-state index < -0.39 is 0 Å². The molecule has 0 amide bonds. The van der Waals surface area contributed by atoms with Crippen molar-refractivity contribution in [1.82, 2.24) is 10.2 Å². The van der Waals surface area contributed by atoms with Gasteiger partial charge in [-0.2, -0.15) is 0 Å². The van der Waals surface area contributed by atoms with Gasteiger partial charge in [-0.3, -0.25) is 5.41 Å². The number of aliphatic imine (C=N–C) groups is 1. The molecular weight excluding hydrogens is 452 g/mol. The molecule has 1 aliphatic heterocycles. The number of benzene rings is 1. The molecule has 0 aromatic heterocycles. The van der Waals surface area contributed by atoms with Crippen LogP contribution in [-0.4, -0.2) is 49.7 Å². The molecule has 1 fully saturated rings. The first-order valence-corrected chi connectivity index (χ1v) is 14.4. The highest BCUT2D eigenvalue weighted by Crippen LogP contribution is 2.38. The monoisotopic (exact) mass is 504 g/mol. The third kappa shape index (κ3) is 9.19. The Balaban J connectivity index is 2.49. The number of nitrogens with one attached hydrogen (secondary N) is 2. The molecule has 0 atom stereocenters. The van der Waals surface area contributed by atoms with E-state index in [0.29, 0.717) is 17.7 Å². The standard InChI is InChI=1S/C33H52N4/c1-9-12-31(27(10-2)15-16-30(11-3)36-26(7)34)33(24(4)5)32-23-29(14-13-25(32)6)28-17-20-37(21-18-28)22-19-35-8/h10,13-16,23-24,28,34-35H,9,11-12,17-22H2,1-8H3/b16-15-,27-10+,33-31+,34-26?,36-30?. The maximum Gasteiger partial charge on any atom is 0.117 e. The van der Waals surface area contributed by atoms with Crippen LogP contribution in [0.5, 0.6) is 0 Å². The van der Waals surface area contributed by atoms with Gasteiger partial charge in [0.05, 0.1) is 0 Å². The summed E-state index contributed by atoms with van der Waals surface area (Å²) in [6.45, 7) is 19.8. The van der Waals surface area contributed by atoms with Crippen LogP contribution in [0.15, 0.2) is 52.6 Å². The molecule has 2 N–H and O–H groups in total. The lowest BCUT2D eigenvalue weighted by Gasteiger charge is -2.32. The number of likely N-dealkylation sites (N-methyl/N-ethyl adjacent to an activating group) is 1. The lowest BCUT2D eigenvalue weighted by Crippen LogP contribution is -2.37. The van der Waals surface area contributed by atoms with Crippen LogP contribution in [0, 0.1) is 18.3 Å². The van der Waals surface area contributed by atoms with Crippen molar-refractivity contribution in [1.29, 1.82) is 5.41 Å². The highest BCUT2D eigenvalue weighted by Gasteiger charge is 2.23. The summed E-state index contributed by atoms with van der Waals surface area (Å²) in [6.07, 6.45) is 12.0. The van der Waals surface area contributed by atoms with E-state index in [-0.39, 0.29) is 0 Å². The fraction of sp³-hybridized carbons (Fsp3) is 0.576. The second kappa shape index (κ2) is 15.8. The average molecular weight is 505 g/mol. The number of likely N-dealkylation sites (tertiary alicyclic amines) is 1. The zero-order valence-corrected chi connectivity index (χ0v) is 24.9. The molecule has 4 heteroatoms. The number of amidine groups is 1. The highest BCUT2D eigenvalue weighted by atomic mass is 15.1. The lowest BCUT2D eigenvalue weighted by atomic mass is 9.80. The maximum absolute atomic E-state index is 7.76. The van der Waals surface area contributed by atoms with Gasteiger partial charge in [-0.05, 0) is 118 Å². The number of rotatable bonds is 12. The van der Waals surface area contributed by atoms with Gasteiger partial charge in [-0.1, -0.05) is 64.5 Å². The molecule has 204 valence electrons.